The number of nitrogens with zero attached hydrogens (tertiary/aromatic N) is 3. The van der Waals surface area contributed by atoms with Gasteiger partial charge in [0.25, 0.3) is 5.91 Å². The van der Waals surface area contributed by atoms with E-state index >= 15 is 0 Å². The number of alkyl halides is 3. The molecule has 1 aliphatic heterocycles. The van der Waals surface area contributed by atoms with Gasteiger partial charge < -0.3 is 9.64 Å². The molecule has 0 unspecified atom stereocenters. The maximum absolute atomic E-state index is 12.9. The van der Waals surface area contributed by atoms with Crippen LogP contribution in [0.2, 0.25) is 0 Å². The van der Waals surface area contributed by atoms with Crippen LogP contribution in [0.25, 0.3) is 16.9 Å². The van der Waals surface area contributed by atoms with Gasteiger partial charge in [0.1, 0.15) is 5.75 Å². The number of aromatic nitrogens is 2. The Balaban J connectivity index is 1.79. The van der Waals surface area contributed by atoms with E-state index in [0.29, 0.717) is 29.4 Å². The topological polar surface area (TPSA) is 47.4 Å². The molecular formula is C21H18F3N3O2S. The lowest BCUT2D eigenvalue weighted by Crippen LogP contribution is -2.28. The van der Waals surface area contributed by atoms with E-state index in [9.17, 15) is 18.0 Å². The van der Waals surface area contributed by atoms with Gasteiger partial charge in [-0.05, 0) is 42.8 Å². The van der Waals surface area contributed by atoms with E-state index in [1.807, 2.05) is 31.2 Å². The van der Waals surface area contributed by atoms with Gasteiger partial charge in [0.2, 0.25) is 0 Å². The first-order valence-corrected chi connectivity index (χ1v) is 10.4. The molecule has 1 fully saturated rings. The van der Waals surface area contributed by atoms with Gasteiger partial charge in [0.15, 0.2) is 5.69 Å². The lowest BCUT2D eigenvalue weighted by molar-refractivity contribution is -0.274. The summed E-state index contributed by atoms with van der Waals surface area (Å²) in [6, 6.07) is 14.8. The van der Waals surface area contributed by atoms with Gasteiger partial charge >= 0.3 is 6.36 Å². The average molecular weight is 433 g/mol. The molecule has 0 N–H and O–H groups in total. The predicted molar refractivity (Wildman–Crippen MR) is 109 cm³/mol. The van der Waals surface area contributed by atoms with Crippen molar-refractivity contribution in [3.63, 3.8) is 0 Å². The number of carbonyl (C=O) groups is 1. The molecule has 0 atom stereocenters. The minimum absolute atomic E-state index is 0.199. The number of amides is 1. The van der Waals surface area contributed by atoms with Gasteiger partial charge in [-0.1, -0.05) is 24.3 Å². The Kier molecular flexibility index (Phi) is 5.46. The molecule has 0 saturated carbocycles. The molecule has 2 heterocycles. The summed E-state index contributed by atoms with van der Waals surface area (Å²) in [5.74, 6) is 0.935. The van der Waals surface area contributed by atoms with Crippen molar-refractivity contribution in [3.05, 3.63) is 65.9 Å². The number of ether oxygens (including phenoxy) is 1. The minimum atomic E-state index is -4.79. The van der Waals surface area contributed by atoms with Crippen LogP contribution in [0.5, 0.6) is 5.75 Å². The number of halogens is 3. The van der Waals surface area contributed by atoms with Gasteiger partial charge in [0, 0.05) is 17.9 Å². The Bertz CT molecular complexity index is 1080. The first-order valence-electron chi connectivity index (χ1n) is 9.20. The summed E-state index contributed by atoms with van der Waals surface area (Å²) in [5.41, 5.74) is 2.91. The van der Waals surface area contributed by atoms with Gasteiger partial charge in [-0.15, -0.1) is 24.9 Å². The van der Waals surface area contributed by atoms with Crippen LogP contribution in [0.4, 0.5) is 13.2 Å². The van der Waals surface area contributed by atoms with Crippen LogP contribution >= 0.6 is 11.8 Å². The van der Waals surface area contributed by atoms with Crippen molar-refractivity contribution in [1.29, 1.82) is 0 Å². The summed E-state index contributed by atoms with van der Waals surface area (Å²) in [4.78, 5) is 14.6. The smallest absolute Gasteiger partial charge is 0.406 e. The highest BCUT2D eigenvalue weighted by Gasteiger charge is 2.31. The van der Waals surface area contributed by atoms with E-state index in [-0.39, 0.29) is 17.4 Å². The monoisotopic (exact) mass is 433 g/mol. The van der Waals surface area contributed by atoms with Gasteiger partial charge in [0.05, 0.1) is 17.3 Å². The number of hydrogen-bond acceptors (Lipinski definition) is 4. The molecule has 0 spiro atoms. The zero-order chi connectivity index (χ0) is 21.3. The maximum atomic E-state index is 12.9. The number of thioether (sulfide) groups is 1. The molecule has 9 heteroatoms. The maximum Gasteiger partial charge on any atom is 0.573 e. The summed E-state index contributed by atoms with van der Waals surface area (Å²) in [7, 11) is 0. The van der Waals surface area contributed by atoms with Crippen LogP contribution in [-0.4, -0.2) is 45.1 Å². The van der Waals surface area contributed by atoms with Crippen molar-refractivity contribution in [3.8, 4) is 22.7 Å². The number of carbonyl (C=O) groups excluding carboxylic acids is 1. The Morgan fingerprint density at radius 3 is 2.63 bits per heavy atom. The molecule has 4 rings (SSSR count). The normalized spacial score (nSPS) is 14.2. The molecule has 0 radical (unpaired) electrons. The van der Waals surface area contributed by atoms with Crippen LogP contribution in [0.3, 0.4) is 0 Å². The van der Waals surface area contributed by atoms with Crippen LogP contribution in [0, 0.1) is 6.92 Å². The first-order chi connectivity index (χ1) is 14.3. The summed E-state index contributed by atoms with van der Waals surface area (Å²) >= 11 is 1.67. The molecule has 2 aromatic carbocycles. The largest absolute Gasteiger partial charge is 0.573 e. The van der Waals surface area contributed by atoms with E-state index in [2.05, 4.69) is 9.84 Å². The van der Waals surface area contributed by atoms with E-state index in [0.717, 1.165) is 11.3 Å². The van der Waals surface area contributed by atoms with Crippen LogP contribution in [0.1, 0.15) is 16.1 Å². The van der Waals surface area contributed by atoms with Crippen molar-refractivity contribution in [1.82, 2.24) is 14.7 Å². The Morgan fingerprint density at radius 2 is 1.93 bits per heavy atom. The van der Waals surface area contributed by atoms with Crippen LogP contribution in [0.15, 0.2) is 54.6 Å². The number of aryl methyl sites for hydroxylation is 1. The molecule has 0 aliphatic carbocycles. The molecule has 30 heavy (non-hydrogen) atoms. The van der Waals surface area contributed by atoms with E-state index < -0.39 is 6.36 Å². The number of benzene rings is 2. The molecule has 156 valence electrons. The quantitative estimate of drug-likeness (QED) is 0.588. The van der Waals surface area contributed by atoms with E-state index in [1.54, 1.807) is 33.5 Å². The number of rotatable bonds is 4. The summed E-state index contributed by atoms with van der Waals surface area (Å²) in [6.07, 6.45) is -4.79. The first kappa shape index (κ1) is 20.3. The molecule has 1 amide bonds. The fourth-order valence-corrected chi connectivity index (χ4v) is 4.18. The third kappa shape index (κ3) is 4.46. The Labute approximate surface area is 175 Å². The third-order valence-corrected chi connectivity index (χ3v) is 5.54. The van der Waals surface area contributed by atoms with Crippen LogP contribution < -0.4 is 4.74 Å². The van der Waals surface area contributed by atoms with Gasteiger partial charge in [-0.3, -0.25) is 4.79 Å². The zero-order valence-electron chi connectivity index (χ0n) is 16.0. The molecular weight excluding hydrogens is 415 g/mol. The second-order valence-electron chi connectivity index (χ2n) is 6.85. The van der Waals surface area contributed by atoms with Gasteiger partial charge in [-0.2, -0.15) is 5.10 Å². The van der Waals surface area contributed by atoms with Crippen LogP contribution in [-0.2, 0) is 0 Å². The molecule has 0 bridgehead atoms. The molecule has 5 nitrogen and oxygen atoms in total. The Hall–Kier alpha value is -2.94. The fraction of sp³-hybridized carbons (Fsp3) is 0.238. The number of hydrogen-bond donors (Lipinski definition) is 0. The van der Waals surface area contributed by atoms with Crippen molar-refractivity contribution >= 4 is 17.7 Å². The van der Waals surface area contributed by atoms with Crippen molar-refractivity contribution in [2.24, 2.45) is 0 Å². The highest BCUT2D eigenvalue weighted by atomic mass is 32.2. The summed E-state index contributed by atoms with van der Waals surface area (Å²) in [5, 5.41) is 4.50. The second-order valence-corrected chi connectivity index (χ2v) is 7.92. The standard InChI is InChI=1S/C21H18F3N3O2S/c1-14-4-2-6-16(10-14)27-19(12-18(25-27)20(28)26-8-9-30-13-26)15-5-3-7-17(11-15)29-21(22,23)24/h2-7,10-12H,8-9,13H2,1H3. The highest BCUT2D eigenvalue weighted by Crippen LogP contribution is 2.30. The molecule has 1 aliphatic rings. The lowest BCUT2D eigenvalue weighted by Gasteiger charge is -2.12. The molecule has 1 saturated heterocycles. The fourth-order valence-electron chi connectivity index (χ4n) is 3.24. The van der Waals surface area contributed by atoms with Gasteiger partial charge in [-0.25, -0.2) is 4.68 Å². The molecule has 3 aromatic rings. The van der Waals surface area contributed by atoms with Crippen molar-refractivity contribution < 1.29 is 22.7 Å². The summed E-state index contributed by atoms with van der Waals surface area (Å²) < 4.78 is 43.6. The van der Waals surface area contributed by atoms with Crippen molar-refractivity contribution in [2.45, 2.75) is 13.3 Å². The second kappa shape index (κ2) is 8.06. The minimum Gasteiger partial charge on any atom is -0.406 e. The zero-order valence-corrected chi connectivity index (χ0v) is 16.8. The van der Waals surface area contributed by atoms with E-state index in [1.165, 1.54) is 18.2 Å². The average Bonchev–Trinajstić information content (AvgIpc) is 3.37. The Morgan fingerprint density at radius 1 is 1.13 bits per heavy atom. The SMILES string of the molecule is Cc1cccc(-n2nc(C(=O)N3CCSC3)cc2-c2cccc(OC(F)(F)F)c2)c1. The lowest BCUT2D eigenvalue weighted by atomic mass is 10.1. The highest BCUT2D eigenvalue weighted by molar-refractivity contribution is 7.99. The predicted octanol–water partition coefficient (Wildman–Crippen LogP) is 4.89. The van der Waals surface area contributed by atoms with E-state index in [4.69, 9.17) is 0 Å². The van der Waals surface area contributed by atoms with Crippen molar-refractivity contribution in [2.75, 3.05) is 18.2 Å². The summed E-state index contributed by atoms with van der Waals surface area (Å²) in [6.45, 7) is 2.57. The third-order valence-electron chi connectivity index (χ3n) is 4.58. The molecule has 1 aromatic heterocycles.